The van der Waals surface area contributed by atoms with Crippen molar-refractivity contribution in [2.24, 2.45) is 0 Å². The van der Waals surface area contributed by atoms with Gasteiger partial charge in [0.1, 0.15) is 0 Å². The number of fused-ring (bicyclic) bond motifs is 1. The molecule has 2 aromatic heterocycles. The zero-order chi connectivity index (χ0) is 16.6. The number of nitrogens with zero attached hydrogens (tertiary/aromatic N) is 3. The van der Waals surface area contributed by atoms with Crippen molar-refractivity contribution in [3.8, 4) is 0 Å². The number of benzene rings is 1. The third-order valence-electron chi connectivity index (χ3n) is 3.48. The molecule has 0 aliphatic rings. The average molecular weight is 346 g/mol. The van der Waals surface area contributed by atoms with Gasteiger partial charge in [0.2, 0.25) is 5.12 Å². The second-order valence-corrected chi connectivity index (χ2v) is 6.83. The SMILES string of the molecule is Cc1cccc2c(SC(=O)c3ccc(Cl)cc3)c(N(C)C)nn12. The molecular formula is C17H16ClN3OS. The predicted molar refractivity (Wildman–Crippen MR) is 95.9 cm³/mol. The number of thioether (sulfide) groups is 1. The lowest BCUT2D eigenvalue weighted by atomic mass is 10.2. The Balaban J connectivity index is 2.04. The largest absolute Gasteiger partial charge is 0.360 e. The number of rotatable bonds is 3. The molecule has 1 aromatic carbocycles. The highest BCUT2D eigenvalue weighted by molar-refractivity contribution is 8.14. The van der Waals surface area contributed by atoms with Gasteiger partial charge in [-0.05, 0) is 55.1 Å². The number of aryl methyl sites for hydroxylation is 1. The zero-order valence-corrected chi connectivity index (χ0v) is 14.6. The highest BCUT2D eigenvalue weighted by Crippen LogP contribution is 2.35. The third-order valence-corrected chi connectivity index (χ3v) is 4.75. The van der Waals surface area contributed by atoms with Gasteiger partial charge < -0.3 is 4.90 Å². The monoisotopic (exact) mass is 345 g/mol. The van der Waals surface area contributed by atoms with E-state index in [1.807, 2.05) is 48.6 Å². The van der Waals surface area contributed by atoms with Gasteiger partial charge >= 0.3 is 0 Å². The minimum atomic E-state index is -0.0267. The molecule has 0 atom stereocenters. The quantitative estimate of drug-likeness (QED) is 0.663. The Labute approximate surface area is 144 Å². The summed E-state index contributed by atoms with van der Waals surface area (Å²) in [4.78, 5) is 15.4. The smallest absolute Gasteiger partial charge is 0.224 e. The molecule has 3 rings (SSSR count). The number of hydrogen-bond donors (Lipinski definition) is 0. The number of carbonyl (C=O) groups excluding carboxylic acids is 1. The molecule has 0 fully saturated rings. The summed E-state index contributed by atoms with van der Waals surface area (Å²) in [6.07, 6.45) is 0. The summed E-state index contributed by atoms with van der Waals surface area (Å²) in [5.74, 6) is 0.784. The third kappa shape index (κ3) is 3.07. The molecule has 0 bridgehead atoms. The molecule has 4 nitrogen and oxygen atoms in total. The predicted octanol–water partition coefficient (Wildman–Crippen LogP) is 4.29. The molecule has 0 aliphatic carbocycles. The Hall–Kier alpha value is -1.98. The molecule has 2 heterocycles. The molecule has 0 saturated carbocycles. The Bertz CT molecular complexity index is 871. The first-order chi connectivity index (χ1) is 11.0. The molecule has 0 unspecified atom stereocenters. The van der Waals surface area contributed by atoms with Gasteiger partial charge in [-0.2, -0.15) is 0 Å². The molecule has 0 amide bonds. The minimum Gasteiger partial charge on any atom is -0.360 e. The highest BCUT2D eigenvalue weighted by Gasteiger charge is 2.19. The van der Waals surface area contributed by atoms with Crippen LogP contribution in [-0.2, 0) is 0 Å². The molecule has 0 aliphatic heterocycles. The fraction of sp³-hybridized carbons (Fsp3) is 0.176. The van der Waals surface area contributed by atoms with Crippen molar-refractivity contribution in [1.29, 1.82) is 0 Å². The molecule has 3 aromatic rings. The maximum atomic E-state index is 12.6. The topological polar surface area (TPSA) is 37.6 Å². The van der Waals surface area contributed by atoms with Crippen molar-refractivity contribution < 1.29 is 4.79 Å². The molecule has 6 heteroatoms. The second kappa shape index (κ2) is 6.26. The lowest BCUT2D eigenvalue weighted by Crippen LogP contribution is -2.10. The average Bonchev–Trinajstić information content (AvgIpc) is 2.88. The van der Waals surface area contributed by atoms with Crippen LogP contribution in [0.15, 0.2) is 47.4 Å². The van der Waals surface area contributed by atoms with Crippen LogP contribution in [0, 0.1) is 6.92 Å². The summed E-state index contributed by atoms with van der Waals surface area (Å²) in [6, 6.07) is 12.9. The van der Waals surface area contributed by atoms with Crippen LogP contribution in [0.4, 0.5) is 5.82 Å². The molecule has 118 valence electrons. The van der Waals surface area contributed by atoms with Crippen molar-refractivity contribution in [3.63, 3.8) is 0 Å². The van der Waals surface area contributed by atoms with Crippen molar-refractivity contribution in [2.75, 3.05) is 19.0 Å². The number of carbonyl (C=O) groups is 1. The number of aromatic nitrogens is 2. The van der Waals surface area contributed by atoms with Gasteiger partial charge in [0.15, 0.2) is 5.82 Å². The summed E-state index contributed by atoms with van der Waals surface area (Å²) < 4.78 is 1.87. The zero-order valence-electron chi connectivity index (χ0n) is 13.1. The molecule has 0 radical (unpaired) electrons. The fourth-order valence-electron chi connectivity index (χ4n) is 2.30. The van der Waals surface area contributed by atoms with E-state index in [1.165, 1.54) is 11.8 Å². The number of halogens is 1. The first kappa shape index (κ1) is 15.9. The molecule has 0 saturated heterocycles. The van der Waals surface area contributed by atoms with Gasteiger partial charge in [-0.15, -0.1) is 5.10 Å². The minimum absolute atomic E-state index is 0.0267. The van der Waals surface area contributed by atoms with E-state index >= 15 is 0 Å². The summed E-state index contributed by atoms with van der Waals surface area (Å²) in [6.45, 7) is 1.99. The van der Waals surface area contributed by atoms with Crippen LogP contribution < -0.4 is 4.90 Å². The van der Waals surface area contributed by atoms with Crippen LogP contribution in [0.25, 0.3) is 5.52 Å². The van der Waals surface area contributed by atoms with Gasteiger partial charge in [-0.1, -0.05) is 17.7 Å². The van der Waals surface area contributed by atoms with Gasteiger partial charge in [0.25, 0.3) is 0 Å². The second-order valence-electron chi connectivity index (χ2n) is 5.41. The van der Waals surface area contributed by atoms with Crippen LogP contribution in [-0.4, -0.2) is 28.8 Å². The van der Waals surface area contributed by atoms with Crippen LogP contribution >= 0.6 is 23.4 Å². The first-order valence-electron chi connectivity index (χ1n) is 7.11. The highest BCUT2D eigenvalue weighted by atomic mass is 35.5. The number of pyridine rings is 1. The lowest BCUT2D eigenvalue weighted by molar-refractivity contribution is 0.108. The summed E-state index contributed by atoms with van der Waals surface area (Å²) in [5.41, 5.74) is 2.58. The Morgan fingerprint density at radius 1 is 1.17 bits per heavy atom. The van der Waals surface area contributed by atoms with Crippen molar-refractivity contribution in [2.45, 2.75) is 11.8 Å². The number of anilines is 1. The summed E-state index contributed by atoms with van der Waals surface area (Å²) in [7, 11) is 3.85. The normalized spacial score (nSPS) is 11.0. The fourth-order valence-corrected chi connectivity index (χ4v) is 3.44. The van der Waals surface area contributed by atoms with E-state index in [4.69, 9.17) is 11.6 Å². The van der Waals surface area contributed by atoms with Crippen molar-refractivity contribution in [1.82, 2.24) is 9.61 Å². The molecule has 0 N–H and O–H groups in total. The van der Waals surface area contributed by atoms with Crippen LogP contribution in [0.1, 0.15) is 16.1 Å². The summed E-state index contributed by atoms with van der Waals surface area (Å²) >= 11 is 7.08. The van der Waals surface area contributed by atoms with Gasteiger partial charge in [0.05, 0.1) is 10.4 Å². The first-order valence-corrected chi connectivity index (χ1v) is 8.30. The lowest BCUT2D eigenvalue weighted by Gasteiger charge is -2.10. The molecule has 0 spiro atoms. The van der Waals surface area contributed by atoms with E-state index in [9.17, 15) is 4.79 Å². The van der Waals surface area contributed by atoms with Crippen LogP contribution in [0.3, 0.4) is 0 Å². The Morgan fingerprint density at radius 2 is 1.87 bits per heavy atom. The van der Waals surface area contributed by atoms with Gasteiger partial charge in [-0.3, -0.25) is 4.79 Å². The summed E-state index contributed by atoms with van der Waals surface area (Å²) in [5, 5.41) is 5.21. The van der Waals surface area contributed by atoms with Crippen molar-refractivity contribution >= 4 is 39.8 Å². The molecule has 23 heavy (non-hydrogen) atoms. The van der Waals surface area contributed by atoms with E-state index in [0.29, 0.717) is 10.6 Å². The van der Waals surface area contributed by atoms with E-state index in [0.717, 1.165) is 21.9 Å². The van der Waals surface area contributed by atoms with Crippen LogP contribution in [0.2, 0.25) is 5.02 Å². The Kier molecular flexibility index (Phi) is 4.33. The standard InChI is InChI=1S/C17H16ClN3OS/c1-11-5-4-6-14-15(16(20(2)3)19-21(11)14)23-17(22)12-7-9-13(18)10-8-12/h4-10H,1-3H3. The van der Waals surface area contributed by atoms with Crippen LogP contribution in [0.5, 0.6) is 0 Å². The molecular weight excluding hydrogens is 330 g/mol. The Morgan fingerprint density at radius 3 is 2.52 bits per heavy atom. The van der Waals surface area contributed by atoms with Gasteiger partial charge in [0, 0.05) is 30.4 Å². The maximum Gasteiger partial charge on any atom is 0.224 e. The van der Waals surface area contributed by atoms with Crippen molar-refractivity contribution in [3.05, 3.63) is 58.7 Å². The van der Waals surface area contributed by atoms with Gasteiger partial charge in [-0.25, -0.2) is 4.52 Å². The van der Waals surface area contributed by atoms with E-state index in [2.05, 4.69) is 5.10 Å². The van der Waals surface area contributed by atoms with E-state index in [-0.39, 0.29) is 5.12 Å². The van der Waals surface area contributed by atoms with E-state index in [1.54, 1.807) is 24.3 Å². The van der Waals surface area contributed by atoms with E-state index < -0.39 is 0 Å². The number of hydrogen-bond acceptors (Lipinski definition) is 4. The maximum absolute atomic E-state index is 12.6.